The van der Waals surface area contributed by atoms with E-state index < -0.39 is 5.91 Å². The van der Waals surface area contributed by atoms with Crippen molar-refractivity contribution in [2.24, 2.45) is 5.73 Å². The number of hydrogen-bond acceptors (Lipinski definition) is 6. The molecule has 7 heteroatoms. The molecular weight excluding hydrogens is 258 g/mol. The van der Waals surface area contributed by atoms with Gasteiger partial charge in [-0.25, -0.2) is 9.97 Å². The van der Waals surface area contributed by atoms with E-state index in [0.717, 1.165) is 0 Å². The number of nitrogens with one attached hydrogen (secondary N) is 1. The monoisotopic (exact) mass is 273 g/mol. The van der Waals surface area contributed by atoms with Gasteiger partial charge in [0.25, 0.3) is 5.91 Å². The number of ether oxygens (including phenoxy) is 1. The molecule has 20 heavy (non-hydrogen) atoms. The Morgan fingerprint density at radius 1 is 1.30 bits per heavy atom. The lowest BCUT2D eigenvalue weighted by Gasteiger charge is -2.09. The molecule has 0 unspecified atom stereocenters. The van der Waals surface area contributed by atoms with Gasteiger partial charge in [0.05, 0.1) is 6.54 Å². The summed E-state index contributed by atoms with van der Waals surface area (Å²) < 4.78 is 5.50. The number of anilines is 2. The molecule has 1 aromatic heterocycles. The van der Waals surface area contributed by atoms with E-state index in [9.17, 15) is 4.79 Å². The van der Waals surface area contributed by atoms with Crippen LogP contribution in [0.1, 0.15) is 10.5 Å². The maximum Gasteiger partial charge on any atom is 0.271 e. The number of hydrogen-bond donors (Lipinski definition) is 3. The van der Waals surface area contributed by atoms with Crippen LogP contribution in [0, 0.1) is 0 Å². The molecule has 0 atom stereocenters. The van der Waals surface area contributed by atoms with Gasteiger partial charge in [0.1, 0.15) is 12.4 Å². The standard InChI is InChI=1S/C13H15N5O2/c14-9-2-1-3-10(8-9)20-7-6-18-13-11(12(15)19)16-4-5-17-13/h1-5,8H,6-7,14H2,(H2,15,19)(H,17,18). The number of benzene rings is 1. The molecule has 0 spiro atoms. The molecular formula is C13H15N5O2. The van der Waals surface area contributed by atoms with Gasteiger partial charge in [0.15, 0.2) is 11.5 Å². The maximum atomic E-state index is 11.1. The third kappa shape index (κ3) is 3.58. The van der Waals surface area contributed by atoms with Crippen LogP contribution in [0.5, 0.6) is 5.75 Å². The summed E-state index contributed by atoms with van der Waals surface area (Å²) in [6.07, 6.45) is 2.89. The molecule has 104 valence electrons. The zero-order valence-electron chi connectivity index (χ0n) is 10.7. The Morgan fingerprint density at radius 2 is 2.10 bits per heavy atom. The van der Waals surface area contributed by atoms with Crippen LogP contribution >= 0.6 is 0 Å². The van der Waals surface area contributed by atoms with Crippen molar-refractivity contribution in [3.63, 3.8) is 0 Å². The predicted molar refractivity (Wildman–Crippen MR) is 75.4 cm³/mol. The van der Waals surface area contributed by atoms with Crippen LogP contribution in [0.4, 0.5) is 11.5 Å². The van der Waals surface area contributed by atoms with Crippen LogP contribution in [0.15, 0.2) is 36.7 Å². The van der Waals surface area contributed by atoms with E-state index in [2.05, 4.69) is 15.3 Å². The molecule has 1 aromatic carbocycles. The van der Waals surface area contributed by atoms with E-state index >= 15 is 0 Å². The highest BCUT2D eigenvalue weighted by atomic mass is 16.5. The molecule has 7 nitrogen and oxygen atoms in total. The number of nitrogens with zero attached hydrogens (tertiary/aromatic N) is 2. The maximum absolute atomic E-state index is 11.1. The van der Waals surface area contributed by atoms with Crippen molar-refractivity contribution in [1.82, 2.24) is 9.97 Å². The van der Waals surface area contributed by atoms with E-state index in [1.807, 2.05) is 12.1 Å². The molecule has 0 fully saturated rings. The first-order valence-corrected chi connectivity index (χ1v) is 6.00. The molecule has 1 amide bonds. The lowest BCUT2D eigenvalue weighted by molar-refractivity contribution is 0.0996. The summed E-state index contributed by atoms with van der Waals surface area (Å²) in [4.78, 5) is 19.0. The van der Waals surface area contributed by atoms with Crippen LogP contribution in [0.25, 0.3) is 0 Å². The zero-order valence-corrected chi connectivity index (χ0v) is 10.7. The van der Waals surface area contributed by atoms with Gasteiger partial charge in [-0.05, 0) is 12.1 Å². The highest BCUT2D eigenvalue weighted by molar-refractivity contribution is 5.95. The third-order valence-electron chi connectivity index (χ3n) is 2.45. The van der Waals surface area contributed by atoms with E-state index in [1.54, 1.807) is 12.1 Å². The fraction of sp³-hybridized carbons (Fsp3) is 0.154. The smallest absolute Gasteiger partial charge is 0.271 e. The zero-order chi connectivity index (χ0) is 14.4. The SMILES string of the molecule is NC(=O)c1nccnc1NCCOc1cccc(N)c1. The first-order chi connectivity index (χ1) is 9.66. The van der Waals surface area contributed by atoms with Gasteiger partial charge in [-0.1, -0.05) is 6.07 Å². The number of carbonyl (C=O) groups excluding carboxylic acids is 1. The number of rotatable bonds is 6. The fourth-order valence-electron chi connectivity index (χ4n) is 1.59. The number of aromatic nitrogens is 2. The van der Waals surface area contributed by atoms with E-state index in [4.69, 9.17) is 16.2 Å². The number of nitrogens with two attached hydrogens (primary N) is 2. The molecule has 0 radical (unpaired) electrons. The number of primary amides is 1. The van der Waals surface area contributed by atoms with Crippen molar-refractivity contribution in [3.8, 4) is 5.75 Å². The Balaban J connectivity index is 1.86. The van der Waals surface area contributed by atoms with Crippen LogP contribution in [0.2, 0.25) is 0 Å². The van der Waals surface area contributed by atoms with Crippen molar-refractivity contribution in [2.75, 3.05) is 24.2 Å². The van der Waals surface area contributed by atoms with Gasteiger partial charge in [0, 0.05) is 24.1 Å². The van der Waals surface area contributed by atoms with Crippen molar-refractivity contribution in [1.29, 1.82) is 0 Å². The second kappa shape index (κ2) is 6.37. The van der Waals surface area contributed by atoms with Gasteiger partial charge in [0.2, 0.25) is 0 Å². The minimum Gasteiger partial charge on any atom is -0.492 e. The van der Waals surface area contributed by atoms with E-state index in [0.29, 0.717) is 30.4 Å². The van der Waals surface area contributed by atoms with E-state index in [-0.39, 0.29) is 5.69 Å². The Bertz CT molecular complexity index is 603. The summed E-state index contributed by atoms with van der Waals surface area (Å²) in [7, 11) is 0. The average Bonchev–Trinajstić information content (AvgIpc) is 2.44. The summed E-state index contributed by atoms with van der Waals surface area (Å²) in [6.45, 7) is 0.839. The number of carbonyl (C=O) groups is 1. The summed E-state index contributed by atoms with van der Waals surface area (Å²) >= 11 is 0. The molecule has 2 aromatic rings. The Hall–Kier alpha value is -2.83. The van der Waals surface area contributed by atoms with Crippen LogP contribution in [0.3, 0.4) is 0 Å². The first-order valence-electron chi connectivity index (χ1n) is 6.00. The largest absolute Gasteiger partial charge is 0.492 e. The summed E-state index contributed by atoms with van der Waals surface area (Å²) in [5, 5.41) is 2.95. The Morgan fingerprint density at radius 3 is 2.85 bits per heavy atom. The molecule has 0 aliphatic heterocycles. The molecule has 0 bridgehead atoms. The van der Waals surface area contributed by atoms with Gasteiger partial charge in [-0.15, -0.1) is 0 Å². The number of nitrogen functional groups attached to an aromatic ring is 1. The normalized spacial score (nSPS) is 10.0. The van der Waals surface area contributed by atoms with Gasteiger partial charge >= 0.3 is 0 Å². The third-order valence-corrected chi connectivity index (χ3v) is 2.45. The molecule has 5 N–H and O–H groups in total. The van der Waals surface area contributed by atoms with Crippen LogP contribution < -0.4 is 21.5 Å². The van der Waals surface area contributed by atoms with Gasteiger partial charge in [-0.3, -0.25) is 4.79 Å². The molecule has 0 aliphatic carbocycles. The van der Waals surface area contributed by atoms with Crippen LogP contribution in [-0.2, 0) is 0 Å². The summed E-state index contributed by atoms with van der Waals surface area (Å²) in [6, 6.07) is 7.14. The quantitative estimate of drug-likeness (QED) is 0.525. The topological polar surface area (TPSA) is 116 Å². The highest BCUT2D eigenvalue weighted by Gasteiger charge is 2.09. The minimum atomic E-state index is -0.627. The second-order valence-electron chi connectivity index (χ2n) is 3.97. The fourth-order valence-corrected chi connectivity index (χ4v) is 1.59. The predicted octanol–water partition coefficient (Wildman–Crippen LogP) is 0.649. The lowest BCUT2D eigenvalue weighted by Crippen LogP contribution is -2.19. The van der Waals surface area contributed by atoms with Crippen molar-refractivity contribution in [2.45, 2.75) is 0 Å². The van der Waals surface area contributed by atoms with Crippen molar-refractivity contribution < 1.29 is 9.53 Å². The number of amides is 1. The lowest BCUT2D eigenvalue weighted by atomic mass is 10.3. The summed E-state index contributed by atoms with van der Waals surface area (Å²) in [5.41, 5.74) is 11.6. The molecule has 1 heterocycles. The first kappa shape index (κ1) is 13.6. The Labute approximate surface area is 116 Å². The highest BCUT2D eigenvalue weighted by Crippen LogP contribution is 2.14. The summed E-state index contributed by atoms with van der Waals surface area (Å²) in [5.74, 6) is 0.398. The molecule has 0 saturated carbocycles. The molecule has 0 aliphatic rings. The minimum absolute atomic E-state index is 0.108. The van der Waals surface area contributed by atoms with Crippen molar-refractivity contribution >= 4 is 17.4 Å². The van der Waals surface area contributed by atoms with Crippen molar-refractivity contribution in [3.05, 3.63) is 42.4 Å². The second-order valence-corrected chi connectivity index (χ2v) is 3.97. The van der Waals surface area contributed by atoms with Crippen LogP contribution in [-0.4, -0.2) is 29.0 Å². The average molecular weight is 273 g/mol. The molecule has 0 saturated heterocycles. The van der Waals surface area contributed by atoms with E-state index in [1.165, 1.54) is 12.4 Å². The Kier molecular flexibility index (Phi) is 4.33. The van der Waals surface area contributed by atoms with Gasteiger partial charge in [-0.2, -0.15) is 0 Å². The van der Waals surface area contributed by atoms with Gasteiger partial charge < -0.3 is 21.5 Å². The molecule has 2 rings (SSSR count).